The predicted octanol–water partition coefficient (Wildman–Crippen LogP) is 3.68. The number of amides is 1. The number of benzene rings is 2. The van der Waals surface area contributed by atoms with Gasteiger partial charge in [0.15, 0.2) is 23.0 Å². The summed E-state index contributed by atoms with van der Waals surface area (Å²) in [5, 5.41) is 2.88. The molecule has 0 radical (unpaired) electrons. The number of nitrogens with one attached hydrogen (secondary N) is 1. The second kappa shape index (κ2) is 9.56. The third-order valence-corrected chi connectivity index (χ3v) is 3.84. The average molecular weight is 359 g/mol. The van der Waals surface area contributed by atoms with Crippen molar-refractivity contribution in [1.29, 1.82) is 0 Å². The summed E-state index contributed by atoms with van der Waals surface area (Å²) < 4.78 is 21.3. The van der Waals surface area contributed by atoms with Crippen molar-refractivity contribution in [3.8, 4) is 23.0 Å². The van der Waals surface area contributed by atoms with Gasteiger partial charge >= 0.3 is 0 Å². The molecule has 2 aromatic rings. The molecule has 0 aromatic heterocycles. The van der Waals surface area contributed by atoms with Gasteiger partial charge in [-0.3, -0.25) is 4.79 Å². The van der Waals surface area contributed by atoms with Crippen LogP contribution in [0, 0.1) is 0 Å². The molecule has 0 spiro atoms. The molecular weight excluding hydrogens is 334 g/mol. The smallest absolute Gasteiger partial charge is 0.224 e. The number of aryl methyl sites for hydroxylation is 1. The third kappa shape index (κ3) is 5.05. The van der Waals surface area contributed by atoms with Gasteiger partial charge in [-0.15, -0.1) is 0 Å². The first-order valence-corrected chi connectivity index (χ1v) is 8.42. The van der Waals surface area contributed by atoms with Gasteiger partial charge < -0.3 is 24.3 Å². The highest BCUT2D eigenvalue weighted by Gasteiger charge is 2.10. The lowest BCUT2D eigenvalue weighted by molar-refractivity contribution is -0.116. The van der Waals surface area contributed by atoms with Crippen LogP contribution < -0.4 is 24.3 Å². The quantitative estimate of drug-likeness (QED) is 0.740. The first-order valence-electron chi connectivity index (χ1n) is 8.42. The molecule has 2 rings (SSSR count). The van der Waals surface area contributed by atoms with Gasteiger partial charge in [0.2, 0.25) is 5.91 Å². The Labute approximate surface area is 154 Å². The van der Waals surface area contributed by atoms with Gasteiger partial charge in [0, 0.05) is 18.2 Å². The number of rotatable bonds is 9. The highest BCUT2D eigenvalue weighted by atomic mass is 16.5. The third-order valence-electron chi connectivity index (χ3n) is 3.84. The molecule has 6 nitrogen and oxygen atoms in total. The minimum atomic E-state index is -0.0778. The summed E-state index contributed by atoms with van der Waals surface area (Å²) in [6.07, 6.45) is 0.950. The Bertz CT molecular complexity index is 745. The Morgan fingerprint density at radius 1 is 0.885 bits per heavy atom. The van der Waals surface area contributed by atoms with Crippen LogP contribution in [0.1, 0.15) is 18.9 Å². The Morgan fingerprint density at radius 3 is 2.19 bits per heavy atom. The van der Waals surface area contributed by atoms with Gasteiger partial charge in [-0.2, -0.15) is 0 Å². The molecule has 0 heterocycles. The van der Waals surface area contributed by atoms with Gasteiger partial charge in [-0.05, 0) is 43.2 Å². The van der Waals surface area contributed by atoms with E-state index >= 15 is 0 Å². The van der Waals surface area contributed by atoms with E-state index in [1.54, 1.807) is 39.5 Å². The number of hydrogen-bond donors (Lipinski definition) is 1. The first kappa shape index (κ1) is 19.4. The molecular formula is C20H25NO5. The number of hydrogen-bond acceptors (Lipinski definition) is 5. The van der Waals surface area contributed by atoms with E-state index in [2.05, 4.69) is 5.32 Å². The van der Waals surface area contributed by atoms with Crippen molar-refractivity contribution in [2.45, 2.75) is 19.8 Å². The molecule has 6 heteroatoms. The molecule has 1 amide bonds. The van der Waals surface area contributed by atoms with E-state index in [9.17, 15) is 4.79 Å². The average Bonchev–Trinajstić information content (AvgIpc) is 2.67. The molecule has 0 atom stereocenters. The lowest BCUT2D eigenvalue weighted by Crippen LogP contribution is -2.12. The van der Waals surface area contributed by atoms with Gasteiger partial charge in [0.05, 0.1) is 27.9 Å². The minimum absolute atomic E-state index is 0.0778. The van der Waals surface area contributed by atoms with Crippen LogP contribution in [0.15, 0.2) is 36.4 Å². The fourth-order valence-corrected chi connectivity index (χ4v) is 2.54. The molecule has 0 saturated carbocycles. The van der Waals surface area contributed by atoms with Crippen LogP contribution in [0.4, 0.5) is 5.69 Å². The van der Waals surface area contributed by atoms with E-state index < -0.39 is 0 Å². The molecule has 0 aliphatic rings. The first-order chi connectivity index (χ1) is 12.6. The van der Waals surface area contributed by atoms with Crippen molar-refractivity contribution in [1.82, 2.24) is 0 Å². The molecule has 140 valence electrons. The van der Waals surface area contributed by atoms with E-state index in [0.29, 0.717) is 48.1 Å². The van der Waals surface area contributed by atoms with Gasteiger partial charge in [-0.1, -0.05) is 6.07 Å². The number of methoxy groups -OCH3 is 3. The summed E-state index contributed by atoms with van der Waals surface area (Å²) in [6.45, 7) is 2.46. The highest BCUT2D eigenvalue weighted by molar-refractivity contribution is 5.91. The molecule has 0 fully saturated rings. The van der Waals surface area contributed by atoms with E-state index in [1.165, 1.54) is 0 Å². The van der Waals surface area contributed by atoms with Gasteiger partial charge in [0.25, 0.3) is 0 Å². The van der Waals surface area contributed by atoms with Crippen molar-refractivity contribution in [3.63, 3.8) is 0 Å². The zero-order valence-corrected chi connectivity index (χ0v) is 15.6. The summed E-state index contributed by atoms with van der Waals surface area (Å²) in [4.78, 5) is 12.2. The van der Waals surface area contributed by atoms with Crippen molar-refractivity contribution in [3.05, 3.63) is 42.0 Å². The number of carbonyl (C=O) groups is 1. The Hall–Kier alpha value is -2.89. The summed E-state index contributed by atoms with van der Waals surface area (Å²) in [5.41, 5.74) is 1.67. The number of anilines is 1. The maximum absolute atomic E-state index is 12.2. The largest absolute Gasteiger partial charge is 0.493 e. The fraction of sp³-hybridized carbons (Fsp3) is 0.350. The van der Waals surface area contributed by atoms with Gasteiger partial charge in [0.1, 0.15) is 0 Å². The van der Waals surface area contributed by atoms with E-state index in [0.717, 1.165) is 5.56 Å². The summed E-state index contributed by atoms with van der Waals surface area (Å²) >= 11 is 0. The minimum Gasteiger partial charge on any atom is -0.493 e. The summed E-state index contributed by atoms with van der Waals surface area (Å²) in [7, 11) is 4.75. The zero-order chi connectivity index (χ0) is 18.9. The van der Waals surface area contributed by atoms with E-state index in [4.69, 9.17) is 18.9 Å². The maximum atomic E-state index is 12.2. The van der Waals surface area contributed by atoms with Crippen LogP contribution in [0.3, 0.4) is 0 Å². The van der Waals surface area contributed by atoms with E-state index in [-0.39, 0.29) is 5.91 Å². The zero-order valence-electron chi connectivity index (χ0n) is 15.6. The van der Waals surface area contributed by atoms with Gasteiger partial charge in [-0.25, -0.2) is 0 Å². The van der Waals surface area contributed by atoms with Crippen LogP contribution in [0.2, 0.25) is 0 Å². The van der Waals surface area contributed by atoms with Crippen molar-refractivity contribution >= 4 is 11.6 Å². The van der Waals surface area contributed by atoms with Crippen molar-refractivity contribution in [2.24, 2.45) is 0 Å². The highest BCUT2D eigenvalue weighted by Crippen LogP contribution is 2.30. The maximum Gasteiger partial charge on any atom is 0.224 e. The second-order valence-electron chi connectivity index (χ2n) is 5.54. The standard InChI is InChI=1S/C20H25NO5/c1-5-26-17-10-8-15(13-19(17)25-4)21-20(22)11-7-14-6-9-16(23-2)18(12-14)24-3/h6,8-10,12-13H,5,7,11H2,1-4H3,(H,21,22). The molecule has 0 bridgehead atoms. The normalized spacial score (nSPS) is 10.2. The lowest BCUT2D eigenvalue weighted by Gasteiger charge is -2.12. The monoisotopic (exact) mass is 359 g/mol. The molecule has 26 heavy (non-hydrogen) atoms. The van der Waals surface area contributed by atoms with E-state index in [1.807, 2.05) is 25.1 Å². The fourth-order valence-electron chi connectivity index (χ4n) is 2.54. The molecule has 0 aliphatic carbocycles. The Kier molecular flexibility index (Phi) is 7.14. The molecule has 0 aliphatic heterocycles. The van der Waals surface area contributed by atoms with Crippen LogP contribution in [-0.2, 0) is 11.2 Å². The molecule has 0 unspecified atom stereocenters. The molecule has 0 saturated heterocycles. The second-order valence-corrected chi connectivity index (χ2v) is 5.54. The predicted molar refractivity (Wildman–Crippen MR) is 101 cm³/mol. The SMILES string of the molecule is CCOc1ccc(NC(=O)CCc2ccc(OC)c(OC)c2)cc1OC. The Balaban J connectivity index is 1.96. The summed E-state index contributed by atoms with van der Waals surface area (Å²) in [5.74, 6) is 2.48. The Morgan fingerprint density at radius 2 is 1.54 bits per heavy atom. The lowest BCUT2D eigenvalue weighted by atomic mass is 10.1. The van der Waals surface area contributed by atoms with Crippen LogP contribution in [0.25, 0.3) is 0 Å². The topological polar surface area (TPSA) is 66.0 Å². The van der Waals surface area contributed by atoms with Crippen LogP contribution in [0.5, 0.6) is 23.0 Å². The number of ether oxygens (including phenoxy) is 4. The summed E-state index contributed by atoms with van der Waals surface area (Å²) in [6, 6.07) is 11.0. The van der Waals surface area contributed by atoms with Crippen molar-refractivity contribution < 1.29 is 23.7 Å². The van der Waals surface area contributed by atoms with Crippen LogP contribution in [-0.4, -0.2) is 33.8 Å². The number of carbonyl (C=O) groups excluding carboxylic acids is 1. The molecule has 2 aromatic carbocycles. The molecule has 1 N–H and O–H groups in total. The van der Waals surface area contributed by atoms with Crippen molar-refractivity contribution in [2.75, 3.05) is 33.3 Å². The van der Waals surface area contributed by atoms with Crippen LogP contribution >= 0.6 is 0 Å².